The maximum atomic E-state index is 2.83. The van der Waals surface area contributed by atoms with Crippen LogP contribution in [0.25, 0.3) is 33.4 Å². The molecule has 4 aliphatic heterocycles. The van der Waals surface area contributed by atoms with Gasteiger partial charge < -0.3 is 14.7 Å². The first-order chi connectivity index (χ1) is 38.2. The van der Waals surface area contributed by atoms with Crippen LogP contribution >= 0.6 is 0 Å². The van der Waals surface area contributed by atoms with Gasteiger partial charge >= 0.3 is 0 Å². The first kappa shape index (κ1) is 49.5. The molecule has 0 radical (unpaired) electrons. The molecule has 3 nitrogen and oxygen atoms in total. The van der Waals surface area contributed by atoms with Gasteiger partial charge in [0.2, 0.25) is 0 Å². The fourth-order valence-corrected chi connectivity index (χ4v) is 16.0. The van der Waals surface area contributed by atoms with Gasteiger partial charge in [-0.1, -0.05) is 209 Å². The maximum Gasteiger partial charge on any atom is 0.252 e. The minimum Gasteiger partial charge on any atom is -0.334 e. The van der Waals surface area contributed by atoms with Crippen molar-refractivity contribution >= 4 is 68.6 Å². The summed E-state index contributed by atoms with van der Waals surface area (Å²) in [6, 6.07) is 74.1. The van der Waals surface area contributed by atoms with Crippen LogP contribution in [0.15, 0.2) is 188 Å². The summed E-state index contributed by atoms with van der Waals surface area (Å²) < 4.78 is 0. The molecule has 80 heavy (non-hydrogen) atoms. The van der Waals surface area contributed by atoms with E-state index in [9.17, 15) is 0 Å². The van der Waals surface area contributed by atoms with E-state index in [4.69, 9.17) is 0 Å². The molecule has 4 bridgehead atoms. The molecule has 3 atom stereocenters. The van der Waals surface area contributed by atoms with Crippen LogP contribution in [0.3, 0.4) is 0 Å². The molecule has 1 fully saturated rings. The summed E-state index contributed by atoms with van der Waals surface area (Å²) in [4.78, 5) is 8.26. The lowest BCUT2D eigenvalue weighted by Gasteiger charge is -2.49. The fourth-order valence-electron chi connectivity index (χ4n) is 16.0. The third kappa shape index (κ3) is 6.93. The Kier molecular flexibility index (Phi) is 10.4. The number of fused-ring (bicyclic) bond motifs is 13. The highest BCUT2D eigenvalue weighted by atomic mass is 15.3. The lowest BCUT2D eigenvalue weighted by atomic mass is 9.33. The van der Waals surface area contributed by atoms with Crippen LogP contribution < -0.4 is 31.1 Å². The summed E-state index contributed by atoms with van der Waals surface area (Å²) in [5.74, 6) is 0. The van der Waals surface area contributed by atoms with E-state index in [1.165, 1.54) is 129 Å². The average molecular weight is 1040 g/mol. The van der Waals surface area contributed by atoms with E-state index in [2.05, 4.69) is 279 Å². The zero-order valence-corrected chi connectivity index (χ0v) is 48.9. The third-order valence-corrected chi connectivity index (χ3v) is 21.0. The van der Waals surface area contributed by atoms with Crippen molar-refractivity contribution in [3.8, 4) is 33.4 Å². The van der Waals surface area contributed by atoms with Gasteiger partial charge in [0.15, 0.2) is 0 Å². The topological polar surface area (TPSA) is 9.72 Å². The third-order valence-electron chi connectivity index (χ3n) is 21.0. The van der Waals surface area contributed by atoms with Crippen molar-refractivity contribution in [2.75, 3.05) is 14.7 Å². The van der Waals surface area contributed by atoms with Gasteiger partial charge in [0, 0.05) is 56.2 Å². The highest BCUT2D eigenvalue weighted by Crippen LogP contribution is 2.64. The molecule has 3 unspecified atom stereocenters. The van der Waals surface area contributed by atoms with Crippen LogP contribution in [0.2, 0.25) is 0 Å². The molecule has 0 N–H and O–H groups in total. The van der Waals surface area contributed by atoms with E-state index in [1.54, 1.807) is 0 Å². The van der Waals surface area contributed by atoms with E-state index in [1.807, 2.05) is 0 Å². The zero-order chi connectivity index (χ0) is 55.0. The summed E-state index contributed by atoms with van der Waals surface area (Å²) in [6.07, 6.45) is 5.67. The van der Waals surface area contributed by atoms with E-state index in [0.29, 0.717) is 0 Å². The number of anilines is 8. The Hall–Kier alpha value is -7.56. The molecule has 0 amide bonds. The second-order valence-corrected chi connectivity index (χ2v) is 28.1. The van der Waals surface area contributed by atoms with Gasteiger partial charge in [0.05, 0.1) is 11.2 Å². The largest absolute Gasteiger partial charge is 0.334 e. The first-order valence-electron chi connectivity index (χ1n) is 29.8. The van der Waals surface area contributed by atoms with Crippen molar-refractivity contribution in [1.82, 2.24) is 0 Å². The van der Waals surface area contributed by atoms with E-state index < -0.39 is 0 Å². The molecule has 0 saturated heterocycles. The van der Waals surface area contributed by atoms with Crippen LogP contribution in [0.4, 0.5) is 45.5 Å². The molecule has 0 spiro atoms. The fraction of sp³-hybridized carbons (Fsp3) is 0.289. The Balaban J connectivity index is 1.11. The van der Waals surface area contributed by atoms with Crippen molar-refractivity contribution < 1.29 is 0 Å². The first-order valence-corrected chi connectivity index (χ1v) is 29.8. The maximum absolute atomic E-state index is 2.83. The van der Waals surface area contributed by atoms with Crippen molar-refractivity contribution in [1.29, 1.82) is 0 Å². The molecule has 0 aromatic heterocycles. The van der Waals surface area contributed by atoms with Crippen molar-refractivity contribution in [2.24, 2.45) is 0 Å². The van der Waals surface area contributed by atoms with Gasteiger partial charge in [-0.3, -0.25) is 0 Å². The molecule has 396 valence electrons. The predicted molar refractivity (Wildman–Crippen MR) is 341 cm³/mol. The second kappa shape index (κ2) is 16.8. The summed E-state index contributed by atoms with van der Waals surface area (Å²) in [5.41, 5.74) is 29.7. The predicted octanol–water partition coefficient (Wildman–Crippen LogP) is 18.4. The summed E-state index contributed by atoms with van der Waals surface area (Å²) in [6.45, 7) is 26.9. The van der Waals surface area contributed by atoms with Crippen LogP contribution in [-0.2, 0) is 27.1 Å². The molecular formula is C76H74BN3. The van der Waals surface area contributed by atoms with Gasteiger partial charge in [0.25, 0.3) is 6.71 Å². The summed E-state index contributed by atoms with van der Waals surface area (Å²) in [5, 5.41) is 0. The SMILES string of the molecule is CC(C)(C)c1ccc2c(c1)-c1cccc(c1)C1(C)CCC(C)(C)c3cc4c(cc31)N2c1cc(N2c3ccc(C(C)(C)C)cc3C3(C)CCCC23C)cc2c1B4c1ccc(-c3ccccc3)cc1N2c1cccc(-c2ccccc2)c1. The van der Waals surface area contributed by atoms with Crippen LogP contribution in [-0.4, -0.2) is 12.3 Å². The van der Waals surface area contributed by atoms with Gasteiger partial charge in [-0.2, -0.15) is 0 Å². The lowest BCUT2D eigenvalue weighted by molar-refractivity contribution is 0.330. The zero-order valence-electron chi connectivity index (χ0n) is 48.9. The summed E-state index contributed by atoms with van der Waals surface area (Å²) in [7, 11) is 0. The number of benzene rings is 9. The Morgan fingerprint density at radius 2 is 1.02 bits per heavy atom. The van der Waals surface area contributed by atoms with Gasteiger partial charge in [-0.05, 0) is 181 Å². The highest BCUT2D eigenvalue weighted by Gasteiger charge is 2.60. The normalized spacial score (nSPS) is 21.6. The Morgan fingerprint density at radius 1 is 0.400 bits per heavy atom. The standard InChI is InChI=1S/C76H74BN3/c1-71(2,3)53-30-33-64-58(42-53)52-26-18-27-55(39-52)74(9)38-37-73(7,8)59-46-63-67(47-60(59)74)79(64)69-45-57(80-65-34-31-54(72(4,5)6)43-61(65)75(10)35-20-36-76(75,80)11)44-68-70(69)77(63)62-32-29-51(49-23-16-13-17-24-49)41-66(62)78(68)56-28-19-25-50(40-56)48-21-14-12-15-22-48/h12-19,21-34,39-47H,20,35-38H2,1-11H3. The molecular weight excluding hydrogens is 966 g/mol. The molecule has 2 aliphatic carbocycles. The molecule has 9 aromatic carbocycles. The van der Waals surface area contributed by atoms with Crippen molar-refractivity contribution in [3.05, 3.63) is 221 Å². The second-order valence-electron chi connectivity index (χ2n) is 28.1. The molecule has 4 heteroatoms. The van der Waals surface area contributed by atoms with E-state index in [0.717, 1.165) is 31.4 Å². The number of rotatable bonds is 4. The van der Waals surface area contributed by atoms with E-state index >= 15 is 0 Å². The number of nitrogens with zero attached hydrogens (tertiary/aromatic N) is 3. The minimum absolute atomic E-state index is 0.0269. The van der Waals surface area contributed by atoms with Gasteiger partial charge in [-0.15, -0.1) is 0 Å². The van der Waals surface area contributed by atoms with Crippen LogP contribution in [0.1, 0.15) is 142 Å². The summed E-state index contributed by atoms with van der Waals surface area (Å²) >= 11 is 0. The lowest BCUT2D eigenvalue weighted by Crippen LogP contribution is -2.62. The van der Waals surface area contributed by atoms with Crippen molar-refractivity contribution in [3.63, 3.8) is 0 Å². The smallest absolute Gasteiger partial charge is 0.252 e. The Labute approximate surface area is 476 Å². The Bertz CT molecular complexity index is 4060. The minimum atomic E-state index is -0.184. The quantitative estimate of drug-likeness (QED) is 0.163. The van der Waals surface area contributed by atoms with Crippen molar-refractivity contribution in [2.45, 2.75) is 141 Å². The molecule has 6 aliphatic rings. The highest BCUT2D eigenvalue weighted by molar-refractivity contribution is 7.00. The molecule has 4 heterocycles. The van der Waals surface area contributed by atoms with E-state index in [-0.39, 0.29) is 39.3 Å². The van der Waals surface area contributed by atoms with Crippen LogP contribution in [0, 0.1) is 0 Å². The Morgan fingerprint density at radius 3 is 1.74 bits per heavy atom. The molecule has 15 rings (SSSR count). The van der Waals surface area contributed by atoms with Crippen LogP contribution in [0.5, 0.6) is 0 Å². The monoisotopic (exact) mass is 1040 g/mol. The number of hydrogen-bond acceptors (Lipinski definition) is 3. The molecule has 9 aromatic rings. The van der Waals surface area contributed by atoms with Gasteiger partial charge in [0.1, 0.15) is 0 Å². The van der Waals surface area contributed by atoms with Gasteiger partial charge in [-0.25, -0.2) is 0 Å². The molecule has 1 saturated carbocycles. The average Bonchev–Trinajstić information content (AvgIpc) is 1.73. The number of hydrogen-bond donors (Lipinski definition) is 0.